The highest BCUT2D eigenvalue weighted by Crippen LogP contribution is 2.53. The number of amides is 1. The number of phenolic OH excluding ortho intramolecular Hbond substituents is 1. The van der Waals surface area contributed by atoms with Crippen molar-refractivity contribution in [1.82, 2.24) is 5.32 Å². The van der Waals surface area contributed by atoms with E-state index in [0.29, 0.717) is 12.1 Å². The Labute approximate surface area is 273 Å². The van der Waals surface area contributed by atoms with Crippen LogP contribution in [-0.4, -0.2) is 51.4 Å². The molecule has 6 rings (SSSR count). The quantitative estimate of drug-likeness (QED) is 0.216. The van der Waals surface area contributed by atoms with Crippen LogP contribution in [0.3, 0.4) is 0 Å². The fourth-order valence-electron chi connectivity index (χ4n) is 8.15. The Hall–Kier alpha value is -4.47. The van der Waals surface area contributed by atoms with Crippen LogP contribution in [0.4, 0.5) is 0 Å². The third-order valence-corrected chi connectivity index (χ3v) is 10.5. The molecule has 2 saturated carbocycles. The smallest absolute Gasteiger partial charge is 0.235 e. The van der Waals surface area contributed by atoms with Crippen molar-refractivity contribution in [2.45, 2.75) is 52.2 Å². The maximum atomic E-state index is 14.1. The number of aromatic hydroxyl groups is 1. The van der Waals surface area contributed by atoms with Gasteiger partial charge in [-0.15, -0.1) is 0 Å². The van der Waals surface area contributed by atoms with Gasteiger partial charge in [0.25, 0.3) is 0 Å². The van der Waals surface area contributed by atoms with E-state index < -0.39 is 70.1 Å². The second-order valence-electron chi connectivity index (χ2n) is 13.7. The Morgan fingerprint density at radius 3 is 2.26 bits per heavy atom. The van der Waals surface area contributed by atoms with Crippen LogP contribution in [0, 0.1) is 42.4 Å². The van der Waals surface area contributed by atoms with Crippen molar-refractivity contribution in [3.05, 3.63) is 88.5 Å². The van der Waals surface area contributed by atoms with Gasteiger partial charge in [0.2, 0.25) is 5.91 Å². The SMILES string of the molecule is Cc1ccc(CCNCc2ccc(-c3ccc(O)c4c3C[C@H]3C[C@H]5[C@H](C(C)C)C(=O)C(C(N)=O)C(=O)[C@@]5(O)C(=O)C3C4=O)cc2)cc1. The maximum Gasteiger partial charge on any atom is 0.235 e. The predicted molar refractivity (Wildman–Crippen MR) is 174 cm³/mol. The summed E-state index contributed by atoms with van der Waals surface area (Å²) in [6.07, 6.45) is 1.19. The second kappa shape index (κ2) is 12.3. The van der Waals surface area contributed by atoms with E-state index in [0.717, 1.165) is 29.7 Å². The lowest BCUT2D eigenvalue weighted by molar-refractivity contribution is -0.182. The van der Waals surface area contributed by atoms with Gasteiger partial charge in [-0.2, -0.15) is 0 Å². The predicted octanol–water partition coefficient (Wildman–Crippen LogP) is 3.52. The zero-order valence-electron chi connectivity index (χ0n) is 26.8. The summed E-state index contributed by atoms with van der Waals surface area (Å²) in [4.78, 5) is 67.1. The number of hydrogen-bond acceptors (Lipinski definition) is 8. The van der Waals surface area contributed by atoms with Crippen LogP contribution in [0.5, 0.6) is 5.75 Å². The molecule has 3 aromatic rings. The third-order valence-electron chi connectivity index (χ3n) is 10.5. The number of ketones is 4. The summed E-state index contributed by atoms with van der Waals surface area (Å²) in [7, 11) is 0. The van der Waals surface area contributed by atoms with Gasteiger partial charge in [-0.25, -0.2) is 0 Å². The van der Waals surface area contributed by atoms with E-state index in [1.165, 1.54) is 17.2 Å². The van der Waals surface area contributed by atoms with Crippen LogP contribution in [0.15, 0.2) is 60.7 Å². The lowest BCUT2D eigenvalue weighted by atomic mass is 9.49. The molecule has 6 atom stereocenters. The zero-order chi connectivity index (χ0) is 33.8. The standard InChI is InChI=1S/C38H40N2O7/c1-19(2)29-27-17-24-16-26-25(23-10-8-22(9-11-23)18-40-15-14-21-6-4-20(3)5-7-21)12-13-28(41)31(26)34(43)30(24)35(44)38(27,47)36(45)32(33(29)42)37(39)46/h4-13,19,24,27,29-30,32,40-41,47H,14-18H2,1-3H3,(H2,39,46)/t24-,27-,29-,30?,32?,38-/m0/s1. The molecule has 0 aliphatic heterocycles. The summed E-state index contributed by atoms with van der Waals surface area (Å²) in [5.74, 6) is -11.6. The van der Waals surface area contributed by atoms with Crippen LogP contribution in [0.2, 0.25) is 0 Å². The summed E-state index contributed by atoms with van der Waals surface area (Å²) >= 11 is 0. The van der Waals surface area contributed by atoms with Gasteiger partial charge in [0.15, 0.2) is 34.7 Å². The van der Waals surface area contributed by atoms with Crippen molar-refractivity contribution in [1.29, 1.82) is 0 Å². The first-order chi connectivity index (χ1) is 22.3. The first-order valence-corrected chi connectivity index (χ1v) is 16.2. The molecule has 3 aliphatic rings. The monoisotopic (exact) mass is 636 g/mol. The average molecular weight is 637 g/mol. The van der Waals surface area contributed by atoms with Gasteiger partial charge in [0.05, 0.1) is 11.5 Å². The Morgan fingerprint density at radius 1 is 0.957 bits per heavy atom. The van der Waals surface area contributed by atoms with Gasteiger partial charge >= 0.3 is 0 Å². The molecule has 0 bridgehead atoms. The Kier molecular flexibility index (Phi) is 8.48. The topological polar surface area (TPSA) is 164 Å². The van der Waals surface area contributed by atoms with Crippen LogP contribution in [-0.2, 0) is 38.6 Å². The number of nitrogens with one attached hydrogen (secondary N) is 1. The number of primary amides is 1. The van der Waals surface area contributed by atoms with E-state index in [2.05, 4.69) is 36.5 Å². The Balaban J connectivity index is 1.27. The molecule has 0 heterocycles. The molecule has 0 saturated heterocycles. The number of hydrogen-bond donors (Lipinski definition) is 4. The number of carbonyl (C=O) groups excluding carboxylic acids is 5. The average Bonchev–Trinajstić information content (AvgIpc) is 3.02. The molecule has 0 radical (unpaired) electrons. The lowest BCUT2D eigenvalue weighted by Gasteiger charge is -2.52. The Morgan fingerprint density at radius 2 is 1.62 bits per heavy atom. The van der Waals surface area contributed by atoms with Gasteiger partial charge in [-0.3, -0.25) is 24.0 Å². The highest BCUT2D eigenvalue weighted by molar-refractivity contribution is 6.32. The van der Waals surface area contributed by atoms with Gasteiger partial charge in [0.1, 0.15) is 5.75 Å². The highest BCUT2D eigenvalue weighted by atomic mass is 16.3. The van der Waals surface area contributed by atoms with Crippen molar-refractivity contribution >= 4 is 29.0 Å². The van der Waals surface area contributed by atoms with Crippen LogP contribution >= 0.6 is 0 Å². The first-order valence-electron chi connectivity index (χ1n) is 16.2. The van der Waals surface area contributed by atoms with E-state index >= 15 is 0 Å². The molecule has 3 aliphatic carbocycles. The van der Waals surface area contributed by atoms with E-state index in [1.807, 2.05) is 24.3 Å². The number of nitrogens with two attached hydrogens (primary N) is 1. The first kappa shape index (κ1) is 32.5. The van der Waals surface area contributed by atoms with Crippen molar-refractivity contribution < 1.29 is 34.2 Å². The number of carbonyl (C=O) groups is 5. The van der Waals surface area contributed by atoms with Crippen molar-refractivity contribution in [2.75, 3.05) is 6.54 Å². The molecular weight excluding hydrogens is 596 g/mol. The van der Waals surface area contributed by atoms with E-state index in [4.69, 9.17) is 5.73 Å². The van der Waals surface area contributed by atoms with Gasteiger partial charge in [-0.05, 0) is 78.5 Å². The van der Waals surface area contributed by atoms with Crippen molar-refractivity contribution in [2.24, 2.45) is 41.2 Å². The normalized spacial score (nSPS) is 27.0. The summed E-state index contributed by atoms with van der Waals surface area (Å²) < 4.78 is 0. The molecule has 3 aromatic carbocycles. The van der Waals surface area contributed by atoms with Crippen LogP contribution < -0.4 is 11.1 Å². The molecule has 5 N–H and O–H groups in total. The number of aryl methyl sites for hydroxylation is 1. The van der Waals surface area contributed by atoms with E-state index in [1.54, 1.807) is 19.9 Å². The number of phenols is 1. The number of fused-ring (bicyclic) bond motifs is 3. The molecule has 9 heteroatoms. The van der Waals surface area contributed by atoms with Crippen molar-refractivity contribution in [3.63, 3.8) is 0 Å². The van der Waals surface area contributed by atoms with Gasteiger partial charge in [-0.1, -0.05) is 74.0 Å². The summed E-state index contributed by atoms with van der Waals surface area (Å²) in [6.45, 7) is 7.04. The maximum absolute atomic E-state index is 14.1. The lowest BCUT2D eigenvalue weighted by Crippen LogP contribution is -2.71. The number of rotatable bonds is 8. The summed E-state index contributed by atoms with van der Waals surface area (Å²) in [5, 5.41) is 26.1. The molecular formula is C38H40N2O7. The minimum Gasteiger partial charge on any atom is -0.507 e. The fourth-order valence-corrected chi connectivity index (χ4v) is 8.15. The molecule has 0 aromatic heterocycles. The fraction of sp³-hybridized carbons (Fsp3) is 0.395. The van der Waals surface area contributed by atoms with Crippen molar-refractivity contribution in [3.8, 4) is 16.9 Å². The van der Waals surface area contributed by atoms with Gasteiger partial charge in [0, 0.05) is 18.4 Å². The number of Topliss-reactive ketones (excluding diaryl/α,β-unsaturated/α-hetero) is 4. The molecule has 47 heavy (non-hydrogen) atoms. The zero-order valence-corrected chi connectivity index (χ0v) is 26.8. The Bertz CT molecular complexity index is 1780. The van der Waals surface area contributed by atoms with E-state index in [-0.39, 0.29) is 24.2 Å². The minimum atomic E-state index is -2.70. The van der Waals surface area contributed by atoms with E-state index in [9.17, 15) is 34.2 Å². The van der Waals surface area contributed by atoms with Crippen LogP contribution in [0.1, 0.15) is 52.9 Å². The molecule has 244 valence electrons. The largest absolute Gasteiger partial charge is 0.507 e. The minimum absolute atomic E-state index is 0.00723. The summed E-state index contributed by atoms with van der Waals surface area (Å²) in [6, 6.07) is 19.6. The van der Waals surface area contributed by atoms with Gasteiger partial charge < -0.3 is 21.3 Å². The third kappa shape index (κ3) is 5.41. The number of benzene rings is 3. The molecule has 0 spiro atoms. The molecule has 9 nitrogen and oxygen atoms in total. The second-order valence-corrected chi connectivity index (χ2v) is 13.7. The molecule has 2 fully saturated rings. The highest BCUT2D eigenvalue weighted by Gasteiger charge is 2.69. The van der Waals surface area contributed by atoms with Crippen LogP contribution in [0.25, 0.3) is 11.1 Å². The molecule has 2 unspecified atom stereocenters. The summed E-state index contributed by atoms with van der Waals surface area (Å²) in [5.41, 5.74) is 8.45. The number of aliphatic hydroxyl groups is 1. The molecule has 1 amide bonds.